The number of carbonyl (C=O) groups is 1. The highest BCUT2D eigenvalue weighted by Gasteiger charge is 2.26. The fraction of sp³-hybridized carbons (Fsp3) is 0.375. The van der Waals surface area contributed by atoms with Crippen molar-refractivity contribution in [2.24, 2.45) is 0 Å². The van der Waals surface area contributed by atoms with Crippen LogP contribution < -0.4 is 9.64 Å². The van der Waals surface area contributed by atoms with Gasteiger partial charge >= 0.3 is 0 Å². The third-order valence-corrected chi connectivity index (χ3v) is 4.76. The molecule has 0 unspecified atom stereocenters. The van der Waals surface area contributed by atoms with Crippen molar-refractivity contribution in [1.29, 1.82) is 5.26 Å². The lowest BCUT2D eigenvalue weighted by Gasteiger charge is -2.34. The van der Waals surface area contributed by atoms with Gasteiger partial charge in [-0.2, -0.15) is 10.2 Å². The summed E-state index contributed by atoms with van der Waals surface area (Å²) in [7, 11) is 1.58. The largest absolute Gasteiger partial charge is 0.481 e. The van der Waals surface area contributed by atoms with Crippen molar-refractivity contribution in [3.8, 4) is 11.9 Å². The van der Waals surface area contributed by atoms with Crippen LogP contribution in [0.3, 0.4) is 0 Å². The molecule has 7 nitrogen and oxygen atoms in total. The van der Waals surface area contributed by atoms with Gasteiger partial charge in [-0.05, 0) is 18.4 Å². The van der Waals surface area contributed by atoms with E-state index in [1.54, 1.807) is 29.5 Å². The third kappa shape index (κ3) is 3.16. The first-order chi connectivity index (χ1) is 11.6. The Balaban J connectivity index is 1.69. The quantitative estimate of drug-likeness (QED) is 0.843. The van der Waals surface area contributed by atoms with Crippen LogP contribution in [0.5, 0.6) is 5.88 Å². The van der Waals surface area contributed by atoms with Crippen LogP contribution >= 0.6 is 11.3 Å². The van der Waals surface area contributed by atoms with Gasteiger partial charge in [0.2, 0.25) is 11.8 Å². The zero-order chi connectivity index (χ0) is 17.1. The number of thiophene rings is 1. The standard InChI is InChI=1S/C16H17N5O2S/c1-11-9-13(23-2)19-16(18-11)21-6-4-20(5-7-21)15(22)14-12(10-17)3-8-24-14/h3,8-9H,4-7H2,1-2H3. The number of nitrogens with zero attached hydrogens (tertiary/aromatic N) is 5. The van der Waals surface area contributed by atoms with Gasteiger partial charge in [0.05, 0.1) is 12.7 Å². The first kappa shape index (κ1) is 16.2. The van der Waals surface area contributed by atoms with Crippen molar-refractivity contribution >= 4 is 23.2 Å². The predicted molar refractivity (Wildman–Crippen MR) is 90.5 cm³/mol. The first-order valence-electron chi connectivity index (χ1n) is 7.54. The second-order valence-electron chi connectivity index (χ2n) is 5.41. The van der Waals surface area contributed by atoms with E-state index in [1.807, 2.05) is 11.8 Å². The van der Waals surface area contributed by atoms with Crippen LogP contribution in [0.25, 0.3) is 0 Å². The first-order valence-corrected chi connectivity index (χ1v) is 8.42. The molecule has 124 valence electrons. The molecule has 2 aromatic rings. The SMILES string of the molecule is COc1cc(C)nc(N2CCN(C(=O)c3sccc3C#N)CC2)n1. The van der Waals surface area contributed by atoms with Gasteiger partial charge in [-0.1, -0.05) is 0 Å². The summed E-state index contributed by atoms with van der Waals surface area (Å²) >= 11 is 1.31. The fourth-order valence-electron chi connectivity index (χ4n) is 2.59. The van der Waals surface area contributed by atoms with Crippen molar-refractivity contribution in [2.75, 3.05) is 38.2 Å². The molecule has 0 atom stereocenters. The highest BCUT2D eigenvalue weighted by Crippen LogP contribution is 2.21. The van der Waals surface area contributed by atoms with Crippen LogP contribution in [0.1, 0.15) is 20.9 Å². The number of aryl methyl sites for hydroxylation is 1. The van der Waals surface area contributed by atoms with E-state index < -0.39 is 0 Å². The maximum absolute atomic E-state index is 12.6. The molecule has 1 aliphatic rings. The number of hydrogen-bond acceptors (Lipinski definition) is 7. The Morgan fingerprint density at radius 3 is 2.75 bits per heavy atom. The van der Waals surface area contributed by atoms with E-state index >= 15 is 0 Å². The minimum absolute atomic E-state index is 0.0797. The van der Waals surface area contributed by atoms with Crippen molar-refractivity contribution in [3.63, 3.8) is 0 Å². The number of anilines is 1. The monoisotopic (exact) mass is 343 g/mol. The van der Waals surface area contributed by atoms with Crippen LogP contribution in [0.15, 0.2) is 17.5 Å². The van der Waals surface area contributed by atoms with Crippen LogP contribution in [0.4, 0.5) is 5.95 Å². The minimum Gasteiger partial charge on any atom is -0.481 e. The van der Waals surface area contributed by atoms with Crippen molar-refractivity contribution in [3.05, 3.63) is 33.6 Å². The van der Waals surface area contributed by atoms with Crippen molar-refractivity contribution in [2.45, 2.75) is 6.92 Å². The zero-order valence-corrected chi connectivity index (χ0v) is 14.3. The second-order valence-corrected chi connectivity index (χ2v) is 6.32. The lowest BCUT2D eigenvalue weighted by atomic mass is 10.2. The van der Waals surface area contributed by atoms with Crippen molar-refractivity contribution < 1.29 is 9.53 Å². The molecule has 1 fully saturated rings. The molecule has 1 aliphatic heterocycles. The molecule has 0 aliphatic carbocycles. The van der Waals surface area contributed by atoms with E-state index in [9.17, 15) is 4.79 Å². The van der Waals surface area contributed by atoms with Gasteiger partial charge in [0, 0.05) is 37.9 Å². The molecule has 0 N–H and O–H groups in total. The molecule has 8 heteroatoms. The molecule has 0 bridgehead atoms. The van der Waals surface area contributed by atoms with Crippen LogP contribution in [-0.2, 0) is 0 Å². The number of amides is 1. The molecule has 0 spiro atoms. The van der Waals surface area contributed by atoms with Gasteiger partial charge in [-0.15, -0.1) is 11.3 Å². The molecule has 24 heavy (non-hydrogen) atoms. The van der Waals surface area contributed by atoms with E-state index in [-0.39, 0.29) is 5.91 Å². The summed E-state index contributed by atoms with van der Waals surface area (Å²) in [5, 5.41) is 10.8. The van der Waals surface area contributed by atoms with Gasteiger partial charge < -0.3 is 14.5 Å². The summed E-state index contributed by atoms with van der Waals surface area (Å²) in [6.07, 6.45) is 0. The molecule has 1 saturated heterocycles. The molecular formula is C16H17N5O2S. The fourth-order valence-corrected chi connectivity index (χ4v) is 3.40. The number of rotatable bonds is 3. The molecule has 3 rings (SSSR count). The maximum atomic E-state index is 12.6. The Kier molecular flexibility index (Phi) is 4.62. The Morgan fingerprint density at radius 1 is 1.33 bits per heavy atom. The molecular weight excluding hydrogens is 326 g/mol. The topological polar surface area (TPSA) is 82.4 Å². The van der Waals surface area contributed by atoms with E-state index in [1.165, 1.54) is 11.3 Å². The van der Waals surface area contributed by atoms with Crippen LogP contribution in [0, 0.1) is 18.3 Å². The number of aromatic nitrogens is 2. The van der Waals surface area contributed by atoms with E-state index in [4.69, 9.17) is 10.00 Å². The smallest absolute Gasteiger partial charge is 0.265 e. The van der Waals surface area contributed by atoms with Crippen molar-refractivity contribution in [1.82, 2.24) is 14.9 Å². The van der Waals surface area contributed by atoms with Gasteiger partial charge in [-0.25, -0.2) is 4.98 Å². The summed E-state index contributed by atoms with van der Waals surface area (Å²) < 4.78 is 5.19. The summed E-state index contributed by atoms with van der Waals surface area (Å²) in [5.74, 6) is 1.07. The molecule has 0 saturated carbocycles. The van der Waals surface area contributed by atoms with E-state index in [0.29, 0.717) is 48.4 Å². The summed E-state index contributed by atoms with van der Waals surface area (Å²) in [6, 6.07) is 5.53. The second kappa shape index (κ2) is 6.84. The van der Waals surface area contributed by atoms with Gasteiger partial charge in [0.1, 0.15) is 10.9 Å². The summed E-state index contributed by atoms with van der Waals surface area (Å²) in [6.45, 7) is 4.33. The average molecular weight is 343 g/mol. The predicted octanol–water partition coefficient (Wildman–Crippen LogP) is 1.69. The highest BCUT2D eigenvalue weighted by atomic mass is 32.1. The molecule has 3 heterocycles. The molecule has 2 aromatic heterocycles. The van der Waals surface area contributed by atoms with Gasteiger partial charge in [-0.3, -0.25) is 4.79 Å². The minimum atomic E-state index is -0.0797. The van der Waals surface area contributed by atoms with Gasteiger partial charge in [0.25, 0.3) is 5.91 Å². The highest BCUT2D eigenvalue weighted by molar-refractivity contribution is 7.12. The summed E-state index contributed by atoms with van der Waals surface area (Å²) in [5.41, 5.74) is 1.28. The van der Waals surface area contributed by atoms with E-state index in [2.05, 4.69) is 16.0 Å². The number of piperazine rings is 1. The lowest BCUT2D eigenvalue weighted by Crippen LogP contribution is -2.49. The van der Waals surface area contributed by atoms with Gasteiger partial charge in [0.15, 0.2) is 0 Å². The molecule has 1 amide bonds. The Hall–Kier alpha value is -2.66. The molecule has 0 aromatic carbocycles. The van der Waals surface area contributed by atoms with Crippen LogP contribution in [-0.4, -0.2) is 54.1 Å². The Morgan fingerprint density at radius 2 is 2.08 bits per heavy atom. The number of methoxy groups -OCH3 is 1. The Labute approximate surface area is 144 Å². The lowest BCUT2D eigenvalue weighted by molar-refractivity contribution is 0.0750. The number of nitriles is 1. The zero-order valence-electron chi connectivity index (χ0n) is 13.5. The number of carbonyl (C=O) groups excluding carboxylic acids is 1. The summed E-state index contributed by atoms with van der Waals surface area (Å²) in [4.78, 5) is 25.7. The number of ether oxygens (including phenoxy) is 1. The third-order valence-electron chi connectivity index (χ3n) is 3.86. The number of hydrogen-bond donors (Lipinski definition) is 0. The van der Waals surface area contributed by atoms with Crippen LogP contribution in [0.2, 0.25) is 0 Å². The van der Waals surface area contributed by atoms with E-state index in [0.717, 1.165) is 5.69 Å². The Bertz CT molecular complexity index is 790. The molecule has 0 radical (unpaired) electrons. The average Bonchev–Trinajstić information content (AvgIpc) is 3.09. The normalized spacial score (nSPS) is 14.4. The maximum Gasteiger partial charge on any atom is 0.265 e.